The lowest BCUT2D eigenvalue weighted by molar-refractivity contribution is 0.233. The van der Waals surface area contributed by atoms with E-state index < -0.39 is 0 Å². The van der Waals surface area contributed by atoms with E-state index >= 15 is 0 Å². The van der Waals surface area contributed by atoms with Gasteiger partial charge in [-0.15, -0.1) is 0 Å². The van der Waals surface area contributed by atoms with Crippen molar-refractivity contribution in [3.05, 3.63) is 103 Å². The fourth-order valence-corrected chi connectivity index (χ4v) is 9.47. The van der Waals surface area contributed by atoms with E-state index in [1.54, 1.807) is 5.57 Å². The predicted molar refractivity (Wildman–Crippen MR) is 184 cm³/mol. The Bertz CT molecular complexity index is 1780. The number of hydrogen-bond acceptors (Lipinski definition) is 6. The van der Waals surface area contributed by atoms with Crippen LogP contribution in [-0.2, 0) is 0 Å². The van der Waals surface area contributed by atoms with E-state index in [-0.39, 0.29) is 6.04 Å². The molecular weight excluding hydrogens is 566 g/mol. The van der Waals surface area contributed by atoms with E-state index in [4.69, 9.17) is 19.9 Å². The van der Waals surface area contributed by atoms with Gasteiger partial charge >= 0.3 is 0 Å². The van der Waals surface area contributed by atoms with Crippen LogP contribution in [-0.4, -0.2) is 42.6 Å². The summed E-state index contributed by atoms with van der Waals surface area (Å²) in [4.78, 5) is 26.4. The molecule has 232 valence electrons. The molecule has 2 saturated carbocycles. The number of nitrogens with zero attached hydrogens (tertiary/aromatic N) is 7. The van der Waals surface area contributed by atoms with Crippen LogP contribution < -0.4 is 9.80 Å². The van der Waals surface area contributed by atoms with Gasteiger partial charge in [0, 0.05) is 40.9 Å². The molecule has 7 heteroatoms. The van der Waals surface area contributed by atoms with Crippen LogP contribution >= 0.6 is 0 Å². The second-order valence-corrected chi connectivity index (χ2v) is 13.7. The first-order chi connectivity index (χ1) is 22.7. The molecule has 0 N–H and O–H groups in total. The zero-order valence-electron chi connectivity index (χ0n) is 26.5. The Balaban J connectivity index is 1.27. The number of imidazole rings is 1. The summed E-state index contributed by atoms with van der Waals surface area (Å²) < 4.78 is 2.61. The number of rotatable bonds is 5. The van der Waals surface area contributed by atoms with Crippen molar-refractivity contribution >= 4 is 18.0 Å². The summed E-state index contributed by atoms with van der Waals surface area (Å²) in [5.41, 5.74) is 5.94. The van der Waals surface area contributed by atoms with E-state index in [1.807, 2.05) is 12.2 Å². The molecule has 46 heavy (non-hydrogen) atoms. The van der Waals surface area contributed by atoms with Crippen LogP contribution in [0, 0.1) is 18.8 Å². The van der Waals surface area contributed by atoms with Gasteiger partial charge in [0.25, 0.3) is 0 Å². The van der Waals surface area contributed by atoms with Crippen LogP contribution in [0.3, 0.4) is 0 Å². The standard InChI is InChI=1S/C39H41N7/c1-3-4-22-31-25(2)45-34-30-21-13-14-23-32(30)46(35(34)33-29-20-12-11-19-28(29)24-44(33)39(45)40-31)38-42-36(26-15-7-5-8-16-26)41-37(43-38)27-17-9-6-10-18-27/h3-10,15-18,22,24,29-30,32-35H,1,11-14,19-21,23H2,2H3/b22-4-. The average molecular weight is 608 g/mol. The number of anilines is 2. The maximum atomic E-state index is 5.36. The minimum absolute atomic E-state index is 0.233. The van der Waals surface area contributed by atoms with Crippen molar-refractivity contribution in [1.82, 2.24) is 24.5 Å². The zero-order valence-corrected chi connectivity index (χ0v) is 26.5. The molecule has 3 fully saturated rings. The maximum absolute atomic E-state index is 5.36. The smallest absolute Gasteiger partial charge is 0.230 e. The van der Waals surface area contributed by atoms with Crippen LogP contribution in [0.2, 0.25) is 0 Å². The molecule has 0 bridgehead atoms. The molecule has 9 rings (SSSR count). The molecule has 5 aliphatic rings. The monoisotopic (exact) mass is 607 g/mol. The predicted octanol–water partition coefficient (Wildman–Crippen LogP) is 8.17. The Labute approximate surface area is 271 Å². The first-order valence-electron chi connectivity index (χ1n) is 17.2. The van der Waals surface area contributed by atoms with Gasteiger partial charge in [-0.1, -0.05) is 98.7 Å². The number of hydrogen-bond donors (Lipinski definition) is 0. The van der Waals surface area contributed by atoms with Crippen molar-refractivity contribution in [2.75, 3.05) is 9.80 Å². The summed E-state index contributed by atoms with van der Waals surface area (Å²) >= 11 is 0. The molecule has 6 atom stereocenters. The van der Waals surface area contributed by atoms with Crippen molar-refractivity contribution in [2.45, 2.75) is 82.5 Å². The van der Waals surface area contributed by atoms with Crippen molar-refractivity contribution in [3.8, 4) is 22.8 Å². The van der Waals surface area contributed by atoms with Crippen LogP contribution in [0.5, 0.6) is 0 Å². The highest BCUT2D eigenvalue weighted by Gasteiger charge is 2.61. The lowest BCUT2D eigenvalue weighted by Gasteiger charge is -2.46. The third-order valence-electron chi connectivity index (χ3n) is 11.3. The molecule has 6 unspecified atom stereocenters. The third-order valence-corrected chi connectivity index (χ3v) is 11.3. The molecule has 4 aromatic rings. The molecule has 7 nitrogen and oxygen atoms in total. The summed E-state index contributed by atoms with van der Waals surface area (Å²) in [6.45, 7) is 6.19. The normalized spacial score (nSPS) is 27.9. The molecule has 2 aromatic carbocycles. The van der Waals surface area contributed by atoms with Gasteiger partial charge in [-0.2, -0.15) is 9.97 Å². The Morgan fingerprint density at radius 1 is 0.761 bits per heavy atom. The second-order valence-electron chi connectivity index (χ2n) is 13.7. The van der Waals surface area contributed by atoms with E-state index in [0.717, 1.165) is 46.8 Å². The highest BCUT2D eigenvalue weighted by molar-refractivity contribution is 5.65. The lowest BCUT2D eigenvalue weighted by Crippen LogP contribution is -2.57. The average Bonchev–Trinajstić information content (AvgIpc) is 3.77. The molecule has 1 saturated heterocycles. The molecule has 2 aliphatic carbocycles. The lowest BCUT2D eigenvalue weighted by atomic mass is 9.75. The maximum Gasteiger partial charge on any atom is 0.230 e. The first kappa shape index (κ1) is 27.8. The van der Waals surface area contributed by atoms with E-state index in [9.17, 15) is 0 Å². The van der Waals surface area contributed by atoms with Gasteiger partial charge < -0.3 is 14.4 Å². The third kappa shape index (κ3) is 4.24. The molecule has 5 heterocycles. The van der Waals surface area contributed by atoms with E-state index in [2.05, 4.69) is 101 Å². The molecule has 0 amide bonds. The van der Waals surface area contributed by atoms with Gasteiger partial charge in [0.15, 0.2) is 11.6 Å². The minimum Gasteiger partial charge on any atom is -0.330 e. The number of benzene rings is 2. The van der Waals surface area contributed by atoms with E-state index in [0.29, 0.717) is 30.0 Å². The zero-order chi connectivity index (χ0) is 30.8. The highest BCUT2D eigenvalue weighted by Crippen LogP contribution is 2.57. The van der Waals surface area contributed by atoms with E-state index in [1.165, 1.54) is 50.6 Å². The van der Waals surface area contributed by atoms with Crippen LogP contribution in [0.4, 0.5) is 11.9 Å². The number of aromatic nitrogens is 5. The van der Waals surface area contributed by atoms with Crippen molar-refractivity contribution in [3.63, 3.8) is 0 Å². The van der Waals surface area contributed by atoms with Crippen molar-refractivity contribution < 1.29 is 0 Å². The molecule has 0 spiro atoms. The highest BCUT2D eigenvalue weighted by atomic mass is 15.5. The fraction of sp³-hybridized carbons (Fsp3) is 0.385. The Kier molecular flexibility index (Phi) is 6.68. The Morgan fingerprint density at radius 2 is 1.46 bits per heavy atom. The quantitative estimate of drug-likeness (QED) is 0.213. The summed E-state index contributed by atoms with van der Waals surface area (Å²) in [7, 11) is 0. The van der Waals surface area contributed by atoms with Crippen molar-refractivity contribution in [1.29, 1.82) is 0 Å². The van der Waals surface area contributed by atoms with Gasteiger partial charge in [-0.25, -0.2) is 9.97 Å². The largest absolute Gasteiger partial charge is 0.330 e. The fourth-order valence-electron chi connectivity index (χ4n) is 9.47. The second kappa shape index (κ2) is 11.1. The number of allylic oxidation sites excluding steroid dienone is 2. The van der Waals surface area contributed by atoms with Crippen LogP contribution in [0.25, 0.3) is 28.9 Å². The van der Waals surface area contributed by atoms with Crippen molar-refractivity contribution in [2.24, 2.45) is 11.8 Å². The summed E-state index contributed by atoms with van der Waals surface area (Å²) in [5.74, 6) is 4.47. The topological polar surface area (TPSA) is 63.0 Å². The molecule has 3 aliphatic heterocycles. The summed E-state index contributed by atoms with van der Waals surface area (Å²) in [6.07, 6.45) is 18.4. The Hall–Kier alpha value is -4.52. The SMILES string of the molecule is C=C/C=C\c1nc2n(c1C)C1C3CCCCC3N(c3nc(-c4ccccc4)nc(-c4ccccc4)n3)C1C1C3CCCCC3=CN21. The summed E-state index contributed by atoms with van der Waals surface area (Å²) in [5, 5.41) is 0. The molecular formula is C39H41N7. The van der Waals surface area contributed by atoms with Crippen LogP contribution in [0.15, 0.2) is 91.2 Å². The summed E-state index contributed by atoms with van der Waals surface area (Å²) in [6, 6.07) is 22.1. The van der Waals surface area contributed by atoms with Gasteiger partial charge in [-0.05, 0) is 50.7 Å². The van der Waals surface area contributed by atoms with Gasteiger partial charge in [0.1, 0.15) is 0 Å². The van der Waals surface area contributed by atoms with Crippen LogP contribution in [0.1, 0.15) is 68.8 Å². The molecule has 2 aromatic heterocycles. The first-order valence-corrected chi connectivity index (χ1v) is 17.2. The molecule has 0 radical (unpaired) electrons. The van der Waals surface area contributed by atoms with Gasteiger partial charge in [0.2, 0.25) is 11.9 Å². The van der Waals surface area contributed by atoms with Gasteiger partial charge in [0.05, 0.1) is 23.8 Å². The van der Waals surface area contributed by atoms with Gasteiger partial charge in [-0.3, -0.25) is 0 Å². The number of fused-ring (bicyclic) bond motifs is 10. The Morgan fingerprint density at radius 3 is 2.17 bits per heavy atom. The minimum atomic E-state index is 0.233.